The largest absolute Gasteiger partial charge is 0.480 e. The Bertz CT molecular complexity index is 2750. The van der Waals surface area contributed by atoms with Gasteiger partial charge in [-0.15, -0.1) is 0 Å². The number of nitrogens with one attached hydrogen (secondary N) is 2. The maximum absolute atomic E-state index is 13.8. The first-order valence-corrected chi connectivity index (χ1v) is 19.1. The number of nitrogens with zero attached hydrogens (tertiary/aromatic N) is 15. The lowest BCUT2D eigenvalue weighted by Gasteiger charge is -2.25. The number of rotatable bonds is 20. The standard InChI is InChI=1S/C33H44N24O7/c34-1-4-52(18(60)9-55-13-43-22-25(35)46-31(38)49-28(22)55)7-16(58)41-2-5-53(19(61)10-56-14-44-23-26(36)47-32(39)50-29(23)56)8-17(59)42-3-6-54(12-21(63)64)20(62)11-57-15-45-24-27(37)48-33(40)51-30(24)57/h13-15H,1-12,34H2,(H,41,58)(H,42,59)(H,63,64)(H4,35,38,46,49)(H4,36,39,47,50)(H4,37,40,48,51)/p+1. The summed E-state index contributed by atoms with van der Waals surface area (Å²) in [5.41, 5.74) is 39.8. The average Bonchev–Trinajstić information content (AvgIpc) is 3.94. The molecule has 0 aromatic carbocycles. The topological polar surface area (TPSA) is 471 Å². The fourth-order valence-corrected chi connectivity index (χ4v) is 6.38. The van der Waals surface area contributed by atoms with Gasteiger partial charge in [0.2, 0.25) is 47.4 Å². The van der Waals surface area contributed by atoms with Crippen molar-refractivity contribution in [2.45, 2.75) is 19.6 Å². The molecule has 6 rings (SSSR count). The molecule has 0 aliphatic rings. The molecule has 6 aromatic rings. The molecule has 0 radical (unpaired) electrons. The first-order chi connectivity index (χ1) is 30.5. The van der Waals surface area contributed by atoms with E-state index < -0.39 is 61.7 Å². The number of nitrogens with two attached hydrogens (primary N) is 6. The van der Waals surface area contributed by atoms with Gasteiger partial charge >= 0.3 is 5.97 Å². The third-order valence-electron chi connectivity index (χ3n) is 9.33. The van der Waals surface area contributed by atoms with Gasteiger partial charge in [-0.25, -0.2) is 15.0 Å². The lowest BCUT2D eigenvalue weighted by molar-refractivity contribution is -0.368. The van der Waals surface area contributed by atoms with Crippen molar-refractivity contribution in [1.29, 1.82) is 0 Å². The Balaban J connectivity index is 1.09. The van der Waals surface area contributed by atoms with Gasteiger partial charge in [0, 0.05) is 26.2 Å². The Morgan fingerprint density at radius 1 is 0.531 bits per heavy atom. The minimum absolute atomic E-state index is 0.00923. The third-order valence-corrected chi connectivity index (χ3v) is 9.33. The fraction of sp³-hybridized carbons (Fsp3) is 0.364. The number of aromatic nitrogens is 12. The molecule has 0 aliphatic carbocycles. The van der Waals surface area contributed by atoms with Crippen molar-refractivity contribution in [3.8, 4) is 0 Å². The van der Waals surface area contributed by atoms with Crippen LogP contribution in [0.25, 0.3) is 33.5 Å². The summed E-state index contributed by atoms with van der Waals surface area (Å²) in [6.45, 7) is -3.09. The van der Waals surface area contributed by atoms with Crippen LogP contribution >= 0.6 is 0 Å². The minimum Gasteiger partial charge on any atom is -0.480 e. The van der Waals surface area contributed by atoms with Crippen molar-refractivity contribution in [2.75, 3.05) is 93.3 Å². The number of carbonyl (C=O) groups excluding carboxylic acids is 5. The number of nitrogen functional groups attached to an aromatic ring is 6. The molecular formula is C33H45N24O7+. The van der Waals surface area contributed by atoms with Gasteiger partial charge in [-0.3, -0.25) is 28.8 Å². The van der Waals surface area contributed by atoms with Crippen molar-refractivity contribution < 1.29 is 39.6 Å². The van der Waals surface area contributed by atoms with E-state index in [2.05, 4.69) is 61.2 Å². The van der Waals surface area contributed by atoms with E-state index in [-0.39, 0.29) is 121 Å². The molecule has 0 aliphatic heterocycles. The highest BCUT2D eigenvalue weighted by atomic mass is 16.4. The number of quaternary nitrogens is 1. The summed E-state index contributed by atoms with van der Waals surface area (Å²) in [5.74, 6) is -4.76. The normalized spacial score (nSPS) is 11.2. The first kappa shape index (κ1) is 44.8. The lowest BCUT2D eigenvalue weighted by atomic mass is 10.3. The van der Waals surface area contributed by atoms with Gasteiger partial charge in [-0.05, 0) is 0 Å². The Kier molecular flexibility index (Phi) is 13.5. The van der Waals surface area contributed by atoms with Crippen LogP contribution in [-0.4, -0.2) is 173 Å². The summed E-state index contributed by atoms with van der Waals surface area (Å²) in [7, 11) is 0. The molecule has 0 bridgehead atoms. The van der Waals surface area contributed by atoms with E-state index in [0.717, 1.165) is 9.80 Å². The molecule has 0 spiro atoms. The number of anilines is 6. The smallest absolute Gasteiger partial charge is 0.323 e. The quantitative estimate of drug-likeness (QED) is 0.0340. The molecule has 6 aromatic heterocycles. The van der Waals surface area contributed by atoms with Gasteiger partial charge in [0.15, 0.2) is 34.4 Å². The van der Waals surface area contributed by atoms with Crippen LogP contribution in [0.2, 0.25) is 0 Å². The van der Waals surface area contributed by atoms with Gasteiger partial charge in [-0.2, -0.15) is 29.9 Å². The number of fused-ring (bicyclic) bond motifs is 3. The predicted octanol–water partition coefficient (Wildman–Crippen LogP) is -6.96. The highest BCUT2D eigenvalue weighted by molar-refractivity contribution is 5.89. The molecule has 0 atom stereocenters. The van der Waals surface area contributed by atoms with Gasteiger partial charge in [0.05, 0.1) is 45.2 Å². The molecule has 0 saturated heterocycles. The Labute approximate surface area is 359 Å². The SMILES string of the molecule is Nc1nc(N)c2ncn(CC(=O)N(CCNC(=O)CN(CCNC(=O)CN(CC[NH3+])C(=O)Cn3cnc4c(N)nc(N)nc43)C(=O)Cn3cnc4c(N)nc(N)nc43)CC(=O)O)c2n1. The van der Waals surface area contributed by atoms with E-state index in [1.54, 1.807) is 0 Å². The maximum atomic E-state index is 13.8. The molecule has 31 heteroatoms. The average molecular weight is 890 g/mol. The second-order valence-electron chi connectivity index (χ2n) is 13.9. The van der Waals surface area contributed by atoms with Crippen LogP contribution in [-0.2, 0) is 48.4 Å². The van der Waals surface area contributed by atoms with E-state index in [1.807, 2.05) is 0 Å². The molecule has 6 heterocycles. The molecule has 0 saturated carbocycles. The van der Waals surface area contributed by atoms with E-state index >= 15 is 0 Å². The Morgan fingerprint density at radius 2 is 0.859 bits per heavy atom. The number of imidazole rings is 3. The van der Waals surface area contributed by atoms with E-state index in [4.69, 9.17) is 34.4 Å². The van der Waals surface area contributed by atoms with Crippen molar-refractivity contribution in [2.24, 2.45) is 0 Å². The van der Waals surface area contributed by atoms with Crippen LogP contribution in [0.15, 0.2) is 19.0 Å². The summed E-state index contributed by atoms with van der Waals surface area (Å²) in [6, 6.07) is 0. The third kappa shape index (κ3) is 10.6. The predicted molar refractivity (Wildman–Crippen MR) is 224 cm³/mol. The van der Waals surface area contributed by atoms with Crippen molar-refractivity contribution in [3.05, 3.63) is 19.0 Å². The summed E-state index contributed by atoms with van der Waals surface area (Å²) in [4.78, 5) is 118. The zero-order valence-corrected chi connectivity index (χ0v) is 34.0. The van der Waals surface area contributed by atoms with Crippen molar-refractivity contribution in [3.63, 3.8) is 0 Å². The highest BCUT2D eigenvalue weighted by Gasteiger charge is 2.24. The van der Waals surface area contributed by atoms with Crippen LogP contribution in [0, 0.1) is 0 Å². The molecular weight excluding hydrogens is 845 g/mol. The second kappa shape index (κ2) is 19.3. The van der Waals surface area contributed by atoms with E-state index in [1.165, 1.54) is 37.6 Å². The molecule has 0 unspecified atom stereocenters. The first-order valence-electron chi connectivity index (χ1n) is 19.1. The van der Waals surface area contributed by atoms with Gasteiger partial charge < -0.3 is 84.3 Å². The second-order valence-corrected chi connectivity index (χ2v) is 13.9. The van der Waals surface area contributed by atoms with Crippen molar-refractivity contribution >= 4 is 104 Å². The van der Waals surface area contributed by atoms with Gasteiger partial charge in [-0.1, -0.05) is 0 Å². The molecule has 5 amide bonds. The Morgan fingerprint density at radius 3 is 1.19 bits per heavy atom. The van der Waals surface area contributed by atoms with Crippen LogP contribution < -0.4 is 50.8 Å². The number of hydrogen-bond acceptors (Lipinski definition) is 21. The van der Waals surface area contributed by atoms with Crippen LogP contribution in [0.1, 0.15) is 0 Å². The van der Waals surface area contributed by atoms with Gasteiger partial charge in [0.25, 0.3) is 0 Å². The molecule has 18 N–H and O–H groups in total. The summed E-state index contributed by atoms with van der Waals surface area (Å²) in [6.07, 6.45) is 3.92. The summed E-state index contributed by atoms with van der Waals surface area (Å²) < 4.78 is 4.09. The number of carboxylic acids is 1. The summed E-state index contributed by atoms with van der Waals surface area (Å²) in [5, 5.41) is 14.8. The summed E-state index contributed by atoms with van der Waals surface area (Å²) >= 11 is 0. The molecule has 64 heavy (non-hydrogen) atoms. The highest BCUT2D eigenvalue weighted by Crippen LogP contribution is 2.19. The number of carboxylic acid groups (broad SMARTS) is 1. The lowest BCUT2D eigenvalue weighted by Crippen LogP contribution is -2.57. The number of amides is 5. The molecule has 31 nitrogen and oxygen atoms in total. The van der Waals surface area contributed by atoms with E-state index in [9.17, 15) is 33.9 Å². The molecule has 0 fully saturated rings. The number of carbonyl (C=O) groups is 6. The number of aliphatic carboxylic acids is 1. The maximum Gasteiger partial charge on any atom is 0.323 e. The van der Waals surface area contributed by atoms with Crippen LogP contribution in [0.4, 0.5) is 35.3 Å². The monoisotopic (exact) mass is 889 g/mol. The van der Waals surface area contributed by atoms with Crippen LogP contribution in [0.3, 0.4) is 0 Å². The zero-order chi connectivity index (χ0) is 46.2. The van der Waals surface area contributed by atoms with E-state index in [0.29, 0.717) is 0 Å². The Hall–Kier alpha value is -8.77. The molecule has 338 valence electrons. The van der Waals surface area contributed by atoms with Gasteiger partial charge in [0.1, 0.15) is 42.7 Å². The zero-order valence-electron chi connectivity index (χ0n) is 34.0. The minimum atomic E-state index is -1.32. The number of hydrogen-bond donors (Lipinski definition) is 10. The fourth-order valence-electron chi connectivity index (χ4n) is 6.38. The van der Waals surface area contributed by atoms with Crippen LogP contribution in [0.5, 0.6) is 0 Å². The van der Waals surface area contributed by atoms with Crippen molar-refractivity contribution in [1.82, 2.24) is 83.9 Å².